The van der Waals surface area contributed by atoms with Crippen molar-refractivity contribution in [3.05, 3.63) is 0 Å². The highest BCUT2D eigenvalue weighted by Crippen LogP contribution is 2.35. The van der Waals surface area contributed by atoms with Crippen molar-refractivity contribution in [1.29, 1.82) is 0 Å². The number of methoxy groups -OCH3 is 1. The van der Waals surface area contributed by atoms with Gasteiger partial charge in [-0.3, -0.25) is 0 Å². The van der Waals surface area contributed by atoms with Crippen molar-refractivity contribution in [3.8, 4) is 0 Å². The van der Waals surface area contributed by atoms with Crippen molar-refractivity contribution in [2.75, 3.05) is 7.11 Å². The van der Waals surface area contributed by atoms with Gasteiger partial charge in [-0.2, -0.15) is 17.6 Å². The van der Waals surface area contributed by atoms with Gasteiger partial charge in [-0.05, 0) is 0 Å². The molecule has 0 heterocycles. The van der Waals surface area contributed by atoms with Crippen molar-refractivity contribution in [1.82, 2.24) is 0 Å². The van der Waals surface area contributed by atoms with E-state index in [1.807, 2.05) is 0 Å². The molecule has 0 aliphatic heterocycles. The number of carbonyl (C=O) groups is 1. The molecule has 0 unspecified atom stereocenters. The Balaban J connectivity index is 5.01. The Labute approximate surface area is 69.2 Å². The molecule has 0 aromatic heterocycles. The molecule has 0 fully saturated rings. The van der Waals surface area contributed by atoms with Crippen LogP contribution in [0.1, 0.15) is 0 Å². The second-order valence-corrected chi connectivity index (χ2v) is 1.81. The summed E-state index contributed by atoms with van der Waals surface area (Å²) in [6.45, 7) is 0. The first-order valence-electron chi connectivity index (χ1n) is 2.72. The fraction of sp³-hybridized carbons (Fsp3) is 0.600. The van der Waals surface area contributed by atoms with Gasteiger partial charge in [-0.25, -0.2) is 9.59 Å². The van der Waals surface area contributed by atoms with E-state index in [-0.39, 0.29) is 6.08 Å². The first-order chi connectivity index (χ1) is 5.79. The molecule has 0 aromatic carbocycles. The van der Waals surface area contributed by atoms with Gasteiger partial charge in [0.15, 0.2) is 0 Å². The van der Waals surface area contributed by atoms with Crippen LogP contribution >= 0.6 is 0 Å². The fourth-order valence-electron chi connectivity index (χ4n) is 0.379. The summed E-state index contributed by atoms with van der Waals surface area (Å²) >= 11 is 0. The fourth-order valence-corrected chi connectivity index (χ4v) is 0.379. The van der Waals surface area contributed by atoms with Crippen LogP contribution in [-0.2, 0) is 14.3 Å². The zero-order valence-corrected chi connectivity index (χ0v) is 6.18. The van der Waals surface area contributed by atoms with Gasteiger partial charge in [0.2, 0.25) is 6.08 Å². The van der Waals surface area contributed by atoms with Crippen molar-refractivity contribution in [2.45, 2.75) is 12.0 Å². The number of carbonyl (C=O) groups excluding carboxylic acids is 2. The summed E-state index contributed by atoms with van der Waals surface area (Å²) < 4.78 is 52.3. The molecule has 0 amide bonds. The van der Waals surface area contributed by atoms with E-state index in [4.69, 9.17) is 0 Å². The zero-order valence-electron chi connectivity index (χ0n) is 6.18. The van der Waals surface area contributed by atoms with Crippen molar-refractivity contribution in [3.63, 3.8) is 0 Å². The average molecular weight is 201 g/mol. The first kappa shape index (κ1) is 11.6. The lowest BCUT2D eigenvalue weighted by molar-refractivity contribution is -0.223. The number of hydrogen-bond acceptors (Lipinski definition) is 4. The summed E-state index contributed by atoms with van der Waals surface area (Å²) in [7, 11) is 0.497. The topological polar surface area (TPSA) is 55.7 Å². The molecule has 0 saturated heterocycles. The summed E-state index contributed by atoms with van der Waals surface area (Å²) in [5, 5.41) is 0. The smallest absolute Gasteiger partial charge is 0.426 e. The van der Waals surface area contributed by atoms with Gasteiger partial charge in [0.05, 0.1) is 7.11 Å². The minimum absolute atomic E-state index is 0.230. The van der Waals surface area contributed by atoms with Crippen molar-refractivity contribution >= 4 is 12.0 Å². The Kier molecular flexibility index (Phi) is 3.14. The molecular formula is C5H3F4NO3. The molecule has 0 spiro atoms. The highest BCUT2D eigenvalue weighted by atomic mass is 19.3. The van der Waals surface area contributed by atoms with Crippen LogP contribution in [0.3, 0.4) is 0 Å². The number of aliphatic imine (C=N–C) groups is 1. The van der Waals surface area contributed by atoms with Crippen LogP contribution in [0, 0.1) is 0 Å². The molecule has 0 N–H and O–H groups in total. The molecule has 0 aliphatic carbocycles. The highest BCUT2D eigenvalue weighted by molar-refractivity contribution is 5.78. The molecule has 0 aliphatic rings. The van der Waals surface area contributed by atoms with Gasteiger partial charge >= 0.3 is 17.9 Å². The predicted octanol–water partition coefficient (Wildman–Crippen LogP) is 0.723. The summed E-state index contributed by atoms with van der Waals surface area (Å²) in [5.41, 5.74) is 0. The van der Waals surface area contributed by atoms with Crippen molar-refractivity contribution in [2.24, 2.45) is 4.99 Å². The van der Waals surface area contributed by atoms with Gasteiger partial charge in [-0.1, -0.05) is 0 Å². The number of alkyl halides is 4. The van der Waals surface area contributed by atoms with Crippen LogP contribution in [-0.4, -0.2) is 31.1 Å². The first-order valence-corrected chi connectivity index (χ1v) is 2.72. The Morgan fingerprint density at radius 1 is 1.38 bits per heavy atom. The number of isocyanates is 1. The number of esters is 1. The van der Waals surface area contributed by atoms with Gasteiger partial charge < -0.3 is 4.74 Å². The van der Waals surface area contributed by atoms with Gasteiger partial charge in [0.1, 0.15) is 0 Å². The molecule has 0 atom stereocenters. The number of hydrogen-bond donors (Lipinski definition) is 0. The molecule has 0 bridgehead atoms. The monoisotopic (exact) mass is 201 g/mol. The van der Waals surface area contributed by atoms with Crippen molar-refractivity contribution < 1.29 is 31.9 Å². The second kappa shape index (κ2) is 3.53. The maximum atomic E-state index is 12.3. The minimum atomic E-state index is -5.17. The van der Waals surface area contributed by atoms with E-state index in [0.29, 0.717) is 7.11 Å². The third kappa shape index (κ3) is 2.03. The Bertz CT molecular complexity index is 259. The Hall–Kier alpha value is -1.43. The van der Waals surface area contributed by atoms with Crippen LogP contribution < -0.4 is 0 Å². The van der Waals surface area contributed by atoms with Crippen LogP contribution in [0.15, 0.2) is 4.99 Å². The summed E-state index contributed by atoms with van der Waals surface area (Å²) in [4.78, 5) is 20.9. The summed E-state index contributed by atoms with van der Waals surface area (Å²) in [6.07, 6.45) is 0.230. The second-order valence-electron chi connectivity index (χ2n) is 1.81. The molecule has 74 valence electrons. The normalized spacial score (nSPS) is 11.8. The van der Waals surface area contributed by atoms with Gasteiger partial charge in [0, 0.05) is 0 Å². The van der Waals surface area contributed by atoms with E-state index in [1.165, 1.54) is 4.99 Å². The zero-order chi connectivity index (χ0) is 10.7. The van der Waals surface area contributed by atoms with Gasteiger partial charge in [0.25, 0.3) is 0 Å². The highest BCUT2D eigenvalue weighted by Gasteiger charge is 2.64. The molecule has 13 heavy (non-hydrogen) atoms. The van der Waals surface area contributed by atoms with Crippen LogP contribution in [0.25, 0.3) is 0 Å². The molecule has 8 heteroatoms. The van der Waals surface area contributed by atoms with Crippen LogP contribution in [0.4, 0.5) is 17.6 Å². The minimum Gasteiger partial charge on any atom is -0.464 e. The summed E-state index contributed by atoms with van der Waals surface area (Å²) in [5.74, 6) is -7.64. The summed E-state index contributed by atoms with van der Waals surface area (Å²) in [6, 6.07) is -5.14. The van der Waals surface area contributed by atoms with E-state index >= 15 is 0 Å². The Morgan fingerprint density at radius 3 is 2.15 bits per heavy atom. The largest absolute Gasteiger partial charge is 0.464 e. The Morgan fingerprint density at radius 2 is 1.85 bits per heavy atom. The predicted molar refractivity (Wildman–Crippen MR) is 30.0 cm³/mol. The number of rotatable bonds is 3. The maximum absolute atomic E-state index is 12.3. The third-order valence-corrected chi connectivity index (χ3v) is 1.01. The van der Waals surface area contributed by atoms with E-state index in [2.05, 4.69) is 4.74 Å². The quantitative estimate of drug-likeness (QED) is 0.222. The van der Waals surface area contributed by atoms with Crippen LogP contribution in [0.5, 0.6) is 0 Å². The number of nitrogens with zero attached hydrogens (tertiary/aromatic N) is 1. The number of ether oxygens (including phenoxy) is 1. The molecular weight excluding hydrogens is 198 g/mol. The van der Waals surface area contributed by atoms with Gasteiger partial charge in [-0.15, -0.1) is 4.99 Å². The van der Waals surface area contributed by atoms with E-state index in [9.17, 15) is 27.2 Å². The number of halogens is 4. The van der Waals surface area contributed by atoms with E-state index < -0.39 is 17.9 Å². The average Bonchev–Trinajstić information content (AvgIpc) is 2.02. The van der Waals surface area contributed by atoms with E-state index in [0.717, 1.165) is 0 Å². The van der Waals surface area contributed by atoms with E-state index in [1.54, 1.807) is 0 Å². The third-order valence-electron chi connectivity index (χ3n) is 1.01. The standard InChI is InChI=1S/C5H3F4NO3/c1-13-3(12)4(6,7)5(8,9)10-2-11/h1H3. The SMILES string of the molecule is COC(=O)C(F)(F)C(F)(F)N=C=O. The molecule has 4 nitrogen and oxygen atoms in total. The lowest BCUT2D eigenvalue weighted by Crippen LogP contribution is -2.46. The molecule has 0 aromatic rings. The van der Waals surface area contributed by atoms with Crippen LogP contribution in [0.2, 0.25) is 0 Å². The maximum Gasteiger partial charge on any atom is 0.426 e. The lowest BCUT2D eigenvalue weighted by atomic mass is 10.3. The molecule has 0 rings (SSSR count). The lowest BCUT2D eigenvalue weighted by Gasteiger charge is -2.18. The molecule has 0 radical (unpaired) electrons. The molecule has 0 saturated carbocycles.